The van der Waals surface area contributed by atoms with Crippen LogP contribution in [0, 0.1) is 0 Å². The van der Waals surface area contributed by atoms with Gasteiger partial charge in [-0.15, -0.1) is 0 Å². The van der Waals surface area contributed by atoms with Crippen molar-refractivity contribution in [1.82, 2.24) is 9.55 Å². The van der Waals surface area contributed by atoms with Gasteiger partial charge in [0.15, 0.2) is 0 Å². The Balaban J connectivity index is 3.32. The van der Waals surface area contributed by atoms with Gasteiger partial charge in [0.25, 0.3) is 0 Å². The lowest BCUT2D eigenvalue weighted by molar-refractivity contribution is 0.387. The molecule has 0 bridgehead atoms. The molecule has 0 aliphatic heterocycles. The first-order valence-corrected chi connectivity index (χ1v) is 6.16. The summed E-state index contributed by atoms with van der Waals surface area (Å²) in [5.74, 6) is 2.35. The fourth-order valence-electron chi connectivity index (χ4n) is 2.06. The second-order valence-corrected chi connectivity index (χ2v) is 5.71. The van der Waals surface area contributed by atoms with Crippen LogP contribution in [0.2, 0.25) is 0 Å². The van der Waals surface area contributed by atoms with Crippen molar-refractivity contribution in [2.24, 2.45) is 0 Å². The lowest BCUT2D eigenvalue weighted by Crippen LogP contribution is -2.25. The van der Waals surface area contributed by atoms with Gasteiger partial charge in [-0.05, 0) is 33.1 Å². The molecule has 0 atom stereocenters. The molecule has 0 saturated carbocycles. The SMILES string of the molecule is CCCc1nc(C(C)C)c(N)n1C(C)(C)C. The first kappa shape index (κ1) is 13.1. The van der Waals surface area contributed by atoms with Crippen LogP contribution < -0.4 is 5.73 Å². The Morgan fingerprint density at radius 3 is 2.25 bits per heavy atom. The topological polar surface area (TPSA) is 43.8 Å². The number of nitrogens with two attached hydrogens (primary N) is 1. The van der Waals surface area contributed by atoms with Crippen LogP contribution >= 0.6 is 0 Å². The maximum atomic E-state index is 6.22. The maximum Gasteiger partial charge on any atom is 0.127 e. The summed E-state index contributed by atoms with van der Waals surface area (Å²) in [5, 5.41) is 0. The molecular weight excluding hydrogens is 198 g/mol. The number of imidazole rings is 1. The van der Waals surface area contributed by atoms with Crippen LogP contribution in [0.1, 0.15) is 65.4 Å². The lowest BCUT2D eigenvalue weighted by atomic mass is 10.1. The molecule has 0 aliphatic carbocycles. The maximum absolute atomic E-state index is 6.22. The largest absolute Gasteiger partial charge is 0.384 e. The number of nitrogen functional groups attached to an aromatic ring is 1. The van der Waals surface area contributed by atoms with E-state index in [1.54, 1.807) is 0 Å². The van der Waals surface area contributed by atoms with Gasteiger partial charge in [0.05, 0.1) is 5.69 Å². The molecule has 0 unspecified atom stereocenters. The molecule has 1 rings (SSSR count). The van der Waals surface area contributed by atoms with Crippen LogP contribution in [0.25, 0.3) is 0 Å². The van der Waals surface area contributed by atoms with Crippen molar-refractivity contribution in [2.75, 3.05) is 5.73 Å². The molecule has 92 valence electrons. The molecule has 0 radical (unpaired) electrons. The van der Waals surface area contributed by atoms with E-state index >= 15 is 0 Å². The van der Waals surface area contributed by atoms with Crippen molar-refractivity contribution in [1.29, 1.82) is 0 Å². The Morgan fingerprint density at radius 2 is 1.88 bits per heavy atom. The number of hydrogen-bond acceptors (Lipinski definition) is 2. The van der Waals surface area contributed by atoms with Crippen molar-refractivity contribution in [3.63, 3.8) is 0 Å². The van der Waals surface area contributed by atoms with Gasteiger partial charge in [-0.1, -0.05) is 20.8 Å². The molecular formula is C13H25N3. The third-order valence-corrected chi connectivity index (χ3v) is 2.70. The Labute approximate surface area is 99.1 Å². The molecule has 2 N–H and O–H groups in total. The number of anilines is 1. The van der Waals surface area contributed by atoms with E-state index in [4.69, 9.17) is 10.7 Å². The predicted octanol–water partition coefficient (Wildman–Crippen LogP) is 3.30. The number of nitrogens with zero attached hydrogens (tertiary/aromatic N) is 2. The zero-order chi connectivity index (χ0) is 12.5. The van der Waals surface area contributed by atoms with Crippen molar-refractivity contribution in [3.8, 4) is 0 Å². The molecule has 0 saturated heterocycles. The summed E-state index contributed by atoms with van der Waals surface area (Å²) in [7, 11) is 0. The molecule has 0 aromatic carbocycles. The summed E-state index contributed by atoms with van der Waals surface area (Å²) in [5.41, 5.74) is 7.27. The average Bonchev–Trinajstić information content (AvgIpc) is 2.42. The van der Waals surface area contributed by atoms with E-state index in [1.165, 1.54) is 0 Å². The summed E-state index contributed by atoms with van der Waals surface area (Å²) in [4.78, 5) is 4.70. The Kier molecular flexibility index (Phi) is 3.66. The van der Waals surface area contributed by atoms with E-state index in [-0.39, 0.29) is 5.54 Å². The summed E-state index contributed by atoms with van der Waals surface area (Å²) in [6, 6.07) is 0. The Morgan fingerprint density at radius 1 is 1.31 bits per heavy atom. The van der Waals surface area contributed by atoms with Crippen molar-refractivity contribution in [2.45, 2.75) is 65.8 Å². The van der Waals surface area contributed by atoms with Crippen LogP contribution in [-0.4, -0.2) is 9.55 Å². The lowest BCUT2D eigenvalue weighted by Gasteiger charge is -2.25. The highest BCUT2D eigenvalue weighted by Crippen LogP contribution is 2.29. The normalized spacial score (nSPS) is 12.4. The second kappa shape index (κ2) is 4.48. The smallest absolute Gasteiger partial charge is 0.127 e. The van der Waals surface area contributed by atoms with Crippen LogP contribution in [0.3, 0.4) is 0 Å². The molecule has 16 heavy (non-hydrogen) atoms. The summed E-state index contributed by atoms with van der Waals surface area (Å²) in [6.07, 6.45) is 2.10. The minimum Gasteiger partial charge on any atom is -0.384 e. The van der Waals surface area contributed by atoms with Gasteiger partial charge in [-0.3, -0.25) is 0 Å². The monoisotopic (exact) mass is 223 g/mol. The third-order valence-electron chi connectivity index (χ3n) is 2.70. The molecule has 1 heterocycles. The van der Waals surface area contributed by atoms with Gasteiger partial charge in [-0.2, -0.15) is 0 Å². The predicted molar refractivity (Wildman–Crippen MR) is 69.7 cm³/mol. The fraction of sp³-hybridized carbons (Fsp3) is 0.769. The minimum absolute atomic E-state index is 0.00866. The van der Waals surface area contributed by atoms with E-state index in [0.29, 0.717) is 5.92 Å². The summed E-state index contributed by atoms with van der Waals surface area (Å²) in [6.45, 7) is 13.0. The first-order chi connectivity index (χ1) is 7.29. The van der Waals surface area contributed by atoms with Crippen LogP contribution in [0.15, 0.2) is 0 Å². The van der Waals surface area contributed by atoms with E-state index in [0.717, 1.165) is 30.2 Å². The van der Waals surface area contributed by atoms with E-state index in [9.17, 15) is 0 Å². The quantitative estimate of drug-likeness (QED) is 0.854. The van der Waals surface area contributed by atoms with E-state index in [1.807, 2.05) is 0 Å². The van der Waals surface area contributed by atoms with Crippen LogP contribution in [0.4, 0.5) is 5.82 Å². The Hall–Kier alpha value is -0.990. The minimum atomic E-state index is 0.00866. The van der Waals surface area contributed by atoms with Gasteiger partial charge in [-0.25, -0.2) is 4.98 Å². The second-order valence-electron chi connectivity index (χ2n) is 5.71. The number of aromatic nitrogens is 2. The molecule has 3 nitrogen and oxygen atoms in total. The molecule has 0 fully saturated rings. The van der Waals surface area contributed by atoms with Gasteiger partial charge in [0.1, 0.15) is 11.6 Å². The molecule has 0 amide bonds. The number of rotatable bonds is 3. The summed E-state index contributed by atoms with van der Waals surface area (Å²) < 4.78 is 2.19. The van der Waals surface area contributed by atoms with E-state index in [2.05, 4.69) is 46.1 Å². The third kappa shape index (κ3) is 2.39. The van der Waals surface area contributed by atoms with Crippen LogP contribution in [0.5, 0.6) is 0 Å². The van der Waals surface area contributed by atoms with Gasteiger partial charge in [0, 0.05) is 12.0 Å². The molecule has 1 aromatic rings. The molecule has 0 aliphatic rings. The summed E-state index contributed by atoms with van der Waals surface area (Å²) >= 11 is 0. The highest BCUT2D eigenvalue weighted by atomic mass is 15.2. The van der Waals surface area contributed by atoms with Gasteiger partial charge < -0.3 is 10.3 Å². The van der Waals surface area contributed by atoms with Crippen molar-refractivity contribution < 1.29 is 0 Å². The standard InChI is InChI=1S/C13H25N3/c1-7-8-10-15-11(9(2)3)12(14)16(10)13(4,5)6/h9H,7-8,14H2,1-6H3. The molecule has 1 aromatic heterocycles. The zero-order valence-electron chi connectivity index (χ0n) is 11.5. The van der Waals surface area contributed by atoms with Crippen molar-refractivity contribution in [3.05, 3.63) is 11.5 Å². The van der Waals surface area contributed by atoms with Gasteiger partial charge >= 0.3 is 0 Å². The highest BCUT2D eigenvalue weighted by molar-refractivity contribution is 5.41. The van der Waals surface area contributed by atoms with Crippen molar-refractivity contribution >= 4 is 5.82 Å². The zero-order valence-corrected chi connectivity index (χ0v) is 11.5. The number of hydrogen-bond donors (Lipinski definition) is 1. The van der Waals surface area contributed by atoms with E-state index < -0.39 is 0 Å². The van der Waals surface area contributed by atoms with Crippen LogP contribution in [-0.2, 0) is 12.0 Å². The Bertz CT molecular complexity index is 356. The average molecular weight is 223 g/mol. The number of aryl methyl sites for hydroxylation is 1. The van der Waals surface area contributed by atoms with Gasteiger partial charge in [0.2, 0.25) is 0 Å². The fourth-order valence-corrected chi connectivity index (χ4v) is 2.06. The first-order valence-electron chi connectivity index (χ1n) is 6.16. The highest BCUT2D eigenvalue weighted by Gasteiger charge is 2.24. The molecule has 0 spiro atoms. The molecule has 3 heteroatoms.